The Hall–Kier alpha value is -1.49. The molecular weight excluding hydrogens is 238 g/mol. The highest BCUT2D eigenvalue weighted by Crippen LogP contribution is 2.04. The van der Waals surface area contributed by atoms with Gasteiger partial charge in [0.25, 0.3) is 0 Å². The lowest BCUT2D eigenvalue weighted by Crippen LogP contribution is -2.43. The van der Waals surface area contributed by atoms with Crippen molar-refractivity contribution >= 4 is 23.6 Å². The lowest BCUT2D eigenvalue weighted by Gasteiger charge is -2.14. The third kappa shape index (κ3) is 4.91. The molecular formula is C12H15NO3S. The summed E-state index contributed by atoms with van der Waals surface area (Å²) < 4.78 is 0. The number of carboxylic acids is 1. The molecule has 0 aliphatic carbocycles. The van der Waals surface area contributed by atoms with E-state index in [2.05, 4.69) is 5.32 Å². The van der Waals surface area contributed by atoms with Crippen LogP contribution in [-0.2, 0) is 16.0 Å². The van der Waals surface area contributed by atoms with Gasteiger partial charge in [-0.15, -0.1) is 0 Å². The summed E-state index contributed by atoms with van der Waals surface area (Å²) in [6.07, 6.45) is 2.10. The minimum atomic E-state index is -1.01. The summed E-state index contributed by atoms with van der Waals surface area (Å²) in [5.74, 6) is -0.984. The summed E-state index contributed by atoms with van der Waals surface area (Å²) in [5, 5.41) is 11.5. The van der Waals surface area contributed by atoms with Crippen molar-refractivity contribution in [1.29, 1.82) is 0 Å². The van der Waals surface area contributed by atoms with Gasteiger partial charge < -0.3 is 10.4 Å². The fraction of sp³-hybridized carbons (Fsp3) is 0.333. The van der Waals surface area contributed by atoms with Crippen molar-refractivity contribution in [3.8, 4) is 0 Å². The monoisotopic (exact) mass is 253 g/mol. The average Bonchev–Trinajstić information content (AvgIpc) is 2.29. The average molecular weight is 253 g/mol. The van der Waals surface area contributed by atoms with E-state index in [1.807, 2.05) is 30.3 Å². The van der Waals surface area contributed by atoms with E-state index in [1.165, 1.54) is 11.8 Å². The molecule has 5 heteroatoms. The molecule has 0 heterocycles. The van der Waals surface area contributed by atoms with Gasteiger partial charge in [-0.1, -0.05) is 30.3 Å². The molecule has 0 aliphatic rings. The molecule has 17 heavy (non-hydrogen) atoms. The smallest absolute Gasteiger partial charge is 0.326 e. The van der Waals surface area contributed by atoms with Gasteiger partial charge in [0.2, 0.25) is 5.91 Å². The first kappa shape index (κ1) is 13.6. The fourth-order valence-electron chi connectivity index (χ4n) is 1.42. The summed E-state index contributed by atoms with van der Waals surface area (Å²) in [7, 11) is 0. The van der Waals surface area contributed by atoms with Crippen LogP contribution in [0.2, 0.25) is 0 Å². The SMILES string of the molecule is CSCC(=O)N[C@@H](Cc1ccccc1)C(=O)O. The lowest BCUT2D eigenvalue weighted by molar-refractivity contribution is -0.141. The number of carboxylic acid groups (broad SMARTS) is 1. The van der Waals surface area contributed by atoms with Crippen LogP contribution in [0.25, 0.3) is 0 Å². The van der Waals surface area contributed by atoms with Crippen LogP contribution in [-0.4, -0.2) is 35.0 Å². The second kappa shape index (κ2) is 6.96. The van der Waals surface area contributed by atoms with Crippen LogP contribution < -0.4 is 5.32 Å². The van der Waals surface area contributed by atoms with Gasteiger partial charge in [-0.05, 0) is 11.8 Å². The van der Waals surface area contributed by atoms with E-state index in [1.54, 1.807) is 6.26 Å². The summed E-state index contributed by atoms with van der Waals surface area (Å²) in [6, 6.07) is 8.38. The van der Waals surface area contributed by atoms with Crippen molar-refractivity contribution < 1.29 is 14.7 Å². The Morgan fingerprint density at radius 2 is 2.00 bits per heavy atom. The first-order chi connectivity index (χ1) is 8.13. The molecule has 0 aliphatic heterocycles. The third-order valence-corrected chi connectivity index (χ3v) is 2.74. The Balaban J connectivity index is 2.61. The van der Waals surface area contributed by atoms with E-state index in [0.717, 1.165) is 5.56 Å². The van der Waals surface area contributed by atoms with Crippen molar-refractivity contribution in [2.75, 3.05) is 12.0 Å². The number of hydrogen-bond donors (Lipinski definition) is 2. The highest BCUT2D eigenvalue weighted by Gasteiger charge is 2.19. The standard InChI is InChI=1S/C12H15NO3S/c1-17-8-11(14)13-10(12(15)16)7-9-5-3-2-4-6-9/h2-6,10H,7-8H2,1H3,(H,13,14)(H,15,16)/t10-/m0/s1. The lowest BCUT2D eigenvalue weighted by atomic mass is 10.1. The Kier molecular flexibility index (Phi) is 5.56. The number of nitrogens with one attached hydrogen (secondary N) is 1. The molecule has 0 unspecified atom stereocenters. The van der Waals surface area contributed by atoms with Crippen molar-refractivity contribution in [1.82, 2.24) is 5.32 Å². The molecule has 1 rings (SSSR count). The van der Waals surface area contributed by atoms with E-state index < -0.39 is 12.0 Å². The summed E-state index contributed by atoms with van der Waals surface area (Å²) in [5.41, 5.74) is 0.893. The zero-order valence-electron chi connectivity index (χ0n) is 9.55. The van der Waals surface area contributed by atoms with Crippen LogP contribution in [0.4, 0.5) is 0 Å². The molecule has 2 N–H and O–H groups in total. The minimum Gasteiger partial charge on any atom is -0.480 e. The first-order valence-corrected chi connectivity index (χ1v) is 6.58. The minimum absolute atomic E-state index is 0.249. The van der Waals surface area contributed by atoms with Crippen molar-refractivity contribution in [2.45, 2.75) is 12.5 Å². The van der Waals surface area contributed by atoms with E-state index in [0.29, 0.717) is 6.42 Å². The van der Waals surface area contributed by atoms with Gasteiger partial charge in [0.05, 0.1) is 5.75 Å². The Morgan fingerprint density at radius 1 is 1.35 bits per heavy atom. The Labute approximate surface area is 104 Å². The van der Waals surface area contributed by atoms with Crippen LogP contribution in [0.15, 0.2) is 30.3 Å². The first-order valence-electron chi connectivity index (χ1n) is 5.18. The maximum atomic E-state index is 11.4. The van der Waals surface area contributed by atoms with Crippen LogP contribution >= 0.6 is 11.8 Å². The van der Waals surface area contributed by atoms with Crippen LogP contribution in [0.1, 0.15) is 5.56 Å². The molecule has 0 aromatic heterocycles. The molecule has 1 aromatic rings. The fourth-order valence-corrected chi connectivity index (χ4v) is 1.76. The van der Waals surface area contributed by atoms with Gasteiger partial charge in [-0.2, -0.15) is 11.8 Å². The third-order valence-electron chi connectivity index (χ3n) is 2.19. The number of hydrogen-bond acceptors (Lipinski definition) is 3. The van der Waals surface area contributed by atoms with Gasteiger partial charge in [-0.3, -0.25) is 4.79 Å². The van der Waals surface area contributed by atoms with Crippen molar-refractivity contribution in [3.05, 3.63) is 35.9 Å². The van der Waals surface area contributed by atoms with Gasteiger partial charge >= 0.3 is 5.97 Å². The molecule has 0 bridgehead atoms. The Morgan fingerprint density at radius 3 is 2.53 bits per heavy atom. The van der Waals surface area contributed by atoms with E-state index in [9.17, 15) is 9.59 Å². The number of benzene rings is 1. The molecule has 4 nitrogen and oxygen atoms in total. The zero-order chi connectivity index (χ0) is 12.7. The molecule has 92 valence electrons. The largest absolute Gasteiger partial charge is 0.480 e. The quantitative estimate of drug-likeness (QED) is 0.798. The summed E-state index contributed by atoms with van der Waals surface area (Å²) in [4.78, 5) is 22.4. The zero-order valence-corrected chi connectivity index (χ0v) is 10.4. The topological polar surface area (TPSA) is 66.4 Å². The predicted octanol–water partition coefficient (Wildman–Crippen LogP) is 1.16. The highest BCUT2D eigenvalue weighted by molar-refractivity contribution is 7.99. The van der Waals surface area contributed by atoms with Gasteiger partial charge in [-0.25, -0.2) is 4.79 Å². The molecule has 0 spiro atoms. The number of rotatable bonds is 6. The van der Waals surface area contributed by atoms with Gasteiger partial charge in [0.15, 0.2) is 0 Å². The van der Waals surface area contributed by atoms with Crippen LogP contribution in [0.3, 0.4) is 0 Å². The second-order valence-corrected chi connectivity index (χ2v) is 4.45. The molecule has 0 saturated carbocycles. The number of carbonyl (C=O) groups excluding carboxylic acids is 1. The van der Waals surface area contributed by atoms with Crippen LogP contribution in [0.5, 0.6) is 0 Å². The number of thioether (sulfide) groups is 1. The Bertz CT molecular complexity index is 381. The molecule has 0 saturated heterocycles. The molecule has 1 aromatic carbocycles. The number of carbonyl (C=O) groups is 2. The summed E-state index contributed by atoms with van der Waals surface area (Å²) >= 11 is 1.36. The number of amides is 1. The van der Waals surface area contributed by atoms with Gasteiger partial charge in [0, 0.05) is 6.42 Å². The maximum absolute atomic E-state index is 11.4. The molecule has 0 radical (unpaired) electrons. The van der Waals surface area contributed by atoms with E-state index in [4.69, 9.17) is 5.11 Å². The highest BCUT2D eigenvalue weighted by atomic mass is 32.2. The normalized spacial score (nSPS) is 11.8. The summed E-state index contributed by atoms with van der Waals surface area (Å²) in [6.45, 7) is 0. The predicted molar refractivity (Wildman–Crippen MR) is 68.1 cm³/mol. The molecule has 1 atom stereocenters. The maximum Gasteiger partial charge on any atom is 0.326 e. The van der Waals surface area contributed by atoms with Crippen LogP contribution in [0, 0.1) is 0 Å². The van der Waals surface area contributed by atoms with E-state index >= 15 is 0 Å². The second-order valence-electron chi connectivity index (χ2n) is 3.58. The van der Waals surface area contributed by atoms with Gasteiger partial charge in [0.1, 0.15) is 6.04 Å². The van der Waals surface area contributed by atoms with Crippen molar-refractivity contribution in [2.24, 2.45) is 0 Å². The molecule has 0 fully saturated rings. The van der Waals surface area contributed by atoms with E-state index in [-0.39, 0.29) is 11.7 Å². The number of aliphatic carboxylic acids is 1. The van der Waals surface area contributed by atoms with Crippen molar-refractivity contribution in [3.63, 3.8) is 0 Å². The molecule has 1 amide bonds.